The lowest BCUT2D eigenvalue weighted by molar-refractivity contribution is -0.384. The number of hydrogen-bond donors (Lipinski definition) is 1. The predicted molar refractivity (Wildman–Crippen MR) is 88.3 cm³/mol. The molecule has 0 bridgehead atoms. The van der Waals surface area contributed by atoms with Gasteiger partial charge in [-0.05, 0) is 33.5 Å². The van der Waals surface area contributed by atoms with Crippen LogP contribution in [-0.2, 0) is 0 Å². The van der Waals surface area contributed by atoms with Crippen LogP contribution in [0.5, 0.6) is 0 Å². The number of non-ortho nitro benzene ring substituents is 1. The average molecular weight is 294 g/mol. The molecule has 0 aromatic heterocycles. The number of likely N-dealkylation sites (N-methyl/N-ethyl adjacent to an activating group) is 1. The lowest BCUT2D eigenvalue weighted by Gasteiger charge is -2.26. The maximum atomic E-state index is 11.1. The van der Waals surface area contributed by atoms with E-state index in [0.29, 0.717) is 0 Å². The first kappa shape index (κ1) is 17.2. The molecule has 0 amide bonds. The van der Waals surface area contributed by atoms with Crippen LogP contribution in [0.25, 0.3) is 0 Å². The van der Waals surface area contributed by atoms with Crippen LogP contribution in [0.2, 0.25) is 0 Å². The molecule has 0 heterocycles. The van der Waals surface area contributed by atoms with Crippen molar-refractivity contribution in [2.45, 2.75) is 20.3 Å². The number of nitrogens with zero attached hydrogens (tertiary/aromatic N) is 3. The van der Waals surface area contributed by atoms with Crippen LogP contribution in [0.1, 0.15) is 20.3 Å². The maximum absolute atomic E-state index is 11.1. The maximum Gasteiger partial charge on any atom is 0.273 e. The van der Waals surface area contributed by atoms with Crippen LogP contribution in [0.15, 0.2) is 18.2 Å². The molecule has 118 valence electrons. The van der Waals surface area contributed by atoms with Crippen molar-refractivity contribution in [2.75, 3.05) is 50.5 Å². The van der Waals surface area contributed by atoms with Crippen molar-refractivity contribution in [3.63, 3.8) is 0 Å². The molecule has 1 N–H and O–H groups in total. The Balaban J connectivity index is 3.06. The van der Waals surface area contributed by atoms with Crippen molar-refractivity contribution in [1.29, 1.82) is 0 Å². The first-order valence-corrected chi connectivity index (χ1v) is 7.41. The van der Waals surface area contributed by atoms with Gasteiger partial charge in [0, 0.05) is 49.7 Å². The minimum Gasteiger partial charge on any atom is -0.385 e. The summed E-state index contributed by atoms with van der Waals surface area (Å²) in [5.41, 5.74) is 1.84. The Morgan fingerprint density at radius 3 is 2.38 bits per heavy atom. The molecular weight excluding hydrogens is 268 g/mol. The second-order valence-electron chi connectivity index (χ2n) is 5.32. The third-order valence-electron chi connectivity index (χ3n) is 3.17. The second-order valence-corrected chi connectivity index (χ2v) is 5.32. The van der Waals surface area contributed by atoms with Crippen molar-refractivity contribution in [3.8, 4) is 0 Å². The zero-order valence-electron chi connectivity index (χ0n) is 13.4. The molecule has 0 aliphatic carbocycles. The van der Waals surface area contributed by atoms with Gasteiger partial charge in [-0.3, -0.25) is 10.1 Å². The van der Waals surface area contributed by atoms with E-state index in [2.05, 4.69) is 22.0 Å². The molecule has 0 fully saturated rings. The summed E-state index contributed by atoms with van der Waals surface area (Å²) in [4.78, 5) is 15.1. The number of nitro benzene ring substituents is 1. The van der Waals surface area contributed by atoms with Gasteiger partial charge in [0.15, 0.2) is 0 Å². The Bertz CT molecular complexity index is 463. The molecule has 0 unspecified atom stereocenters. The van der Waals surface area contributed by atoms with Gasteiger partial charge < -0.3 is 15.1 Å². The number of benzene rings is 1. The van der Waals surface area contributed by atoms with E-state index in [1.54, 1.807) is 12.1 Å². The number of nitro groups is 1. The molecule has 0 spiro atoms. The van der Waals surface area contributed by atoms with Gasteiger partial charge in [-0.15, -0.1) is 0 Å². The Hall–Kier alpha value is -1.82. The summed E-state index contributed by atoms with van der Waals surface area (Å²) in [6.45, 7) is 7.50. The zero-order valence-corrected chi connectivity index (χ0v) is 13.4. The van der Waals surface area contributed by atoms with Gasteiger partial charge in [-0.1, -0.05) is 6.92 Å². The zero-order chi connectivity index (χ0) is 15.8. The van der Waals surface area contributed by atoms with E-state index < -0.39 is 0 Å². The molecule has 21 heavy (non-hydrogen) atoms. The standard InChI is InChI=1S/C15H26N4O2/c1-5-7-18(9-8-17(3)4)14-10-13(16-6-2)11-15(12-14)19(20)21/h10-12,16H,5-9H2,1-4H3. The van der Waals surface area contributed by atoms with Crippen molar-refractivity contribution in [3.05, 3.63) is 28.3 Å². The quantitative estimate of drug-likeness (QED) is 0.560. The van der Waals surface area contributed by atoms with Crippen molar-refractivity contribution in [2.24, 2.45) is 0 Å². The predicted octanol–water partition coefficient (Wildman–Crippen LogP) is 2.80. The van der Waals surface area contributed by atoms with Gasteiger partial charge in [-0.25, -0.2) is 0 Å². The lowest BCUT2D eigenvalue weighted by atomic mass is 10.2. The van der Waals surface area contributed by atoms with Gasteiger partial charge in [0.25, 0.3) is 5.69 Å². The fraction of sp³-hybridized carbons (Fsp3) is 0.600. The van der Waals surface area contributed by atoms with E-state index in [-0.39, 0.29) is 10.6 Å². The molecule has 6 nitrogen and oxygen atoms in total. The number of nitrogens with one attached hydrogen (secondary N) is 1. The fourth-order valence-electron chi connectivity index (χ4n) is 2.15. The minimum atomic E-state index is -0.333. The Kier molecular flexibility index (Phi) is 6.94. The van der Waals surface area contributed by atoms with E-state index in [1.807, 2.05) is 27.1 Å². The smallest absolute Gasteiger partial charge is 0.273 e. The summed E-state index contributed by atoms with van der Waals surface area (Å²) in [7, 11) is 4.06. The summed E-state index contributed by atoms with van der Waals surface area (Å²) in [5, 5.41) is 14.3. The first-order valence-electron chi connectivity index (χ1n) is 7.41. The van der Waals surface area contributed by atoms with Gasteiger partial charge in [0.2, 0.25) is 0 Å². The highest BCUT2D eigenvalue weighted by molar-refractivity contribution is 5.64. The van der Waals surface area contributed by atoms with E-state index in [0.717, 1.165) is 44.0 Å². The highest BCUT2D eigenvalue weighted by atomic mass is 16.6. The van der Waals surface area contributed by atoms with Crippen LogP contribution in [0.3, 0.4) is 0 Å². The number of hydrogen-bond acceptors (Lipinski definition) is 5. The molecule has 0 saturated carbocycles. The summed E-state index contributed by atoms with van der Waals surface area (Å²) < 4.78 is 0. The molecule has 0 aliphatic heterocycles. The summed E-state index contributed by atoms with van der Waals surface area (Å²) in [6, 6.07) is 5.23. The van der Waals surface area contributed by atoms with Crippen molar-refractivity contribution >= 4 is 17.1 Å². The third-order valence-corrected chi connectivity index (χ3v) is 3.17. The van der Waals surface area contributed by atoms with Crippen LogP contribution >= 0.6 is 0 Å². The molecule has 0 saturated heterocycles. The van der Waals surface area contributed by atoms with Crippen LogP contribution in [0, 0.1) is 10.1 Å². The molecule has 0 radical (unpaired) electrons. The molecular formula is C15H26N4O2. The Morgan fingerprint density at radius 2 is 1.86 bits per heavy atom. The molecule has 1 aromatic rings. The summed E-state index contributed by atoms with van der Waals surface area (Å²) in [6.07, 6.45) is 1.01. The normalized spacial score (nSPS) is 10.7. The second kappa shape index (κ2) is 8.46. The van der Waals surface area contributed by atoms with Crippen LogP contribution in [-0.4, -0.2) is 50.1 Å². The van der Waals surface area contributed by atoms with E-state index in [4.69, 9.17) is 0 Å². The SMILES string of the molecule is CCCN(CCN(C)C)c1cc(NCC)cc([N+](=O)[O-])c1. The third kappa shape index (κ3) is 5.59. The first-order chi connectivity index (χ1) is 9.97. The number of rotatable bonds is 9. The average Bonchev–Trinajstić information content (AvgIpc) is 2.43. The van der Waals surface area contributed by atoms with Crippen molar-refractivity contribution in [1.82, 2.24) is 4.90 Å². The largest absolute Gasteiger partial charge is 0.385 e. The topological polar surface area (TPSA) is 61.6 Å². The molecule has 0 aliphatic rings. The summed E-state index contributed by atoms with van der Waals surface area (Å²) in [5.74, 6) is 0. The highest BCUT2D eigenvalue weighted by Crippen LogP contribution is 2.27. The minimum absolute atomic E-state index is 0.134. The van der Waals surface area contributed by atoms with E-state index >= 15 is 0 Å². The number of anilines is 2. The molecule has 0 atom stereocenters. The van der Waals surface area contributed by atoms with Gasteiger partial charge in [0.05, 0.1) is 4.92 Å². The molecule has 1 rings (SSSR count). The van der Waals surface area contributed by atoms with Gasteiger partial charge >= 0.3 is 0 Å². The monoisotopic (exact) mass is 294 g/mol. The van der Waals surface area contributed by atoms with Crippen molar-refractivity contribution < 1.29 is 4.92 Å². The van der Waals surface area contributed by atoms with Crippen LogP contribution in [0.4, 0.5) is 17.1 Å². The lowest BCUT2D eigenvalue weighted by Crippen LogP contribution is -2.32. The highest BCUT2D eigenvalue weighted by Gasteiger charge is 2.14. The Morgan fingerprint density at radius 1 is 1.14 bits per heavy atom. The fourth-order valence-corrected chi connectivity index (χ4v) is 2.15. The summed E-state index contributed by atoms with van der Waals surface area (Å²) >= 11 is 0. The molecule has 1 aromatic carbocycles. The van der Waals surface area contributed by atoms with Crippen LogP contribution < -0.4 is 10.2 Å². The Labute approximate surface area is 126 Å². The van der Waals surface area contributed by atoms with Gasteiger partial charge in [0.1, 0.15) is 0 Å². The molecule has 6 heteroatoms. The van der Waals surface area contributed by atoms with E-state index in [9.17, 15) is 10.1 Å². The van der Waals surface area contributed by atoms with Gasteiger partial charge in [-0.2, -0.15) is 0 Å². The van der Waals surface area contributed by atoms with E-state index in [1.165, 1.54) is 0 Å².